The molecule has 3 rings (SSSR count). The molecule has 0 aromatic heterocycles. The van der Waals surface area contributed by atoms with Crippen molar-refractivity contribution in [1.82, 2.24) is 0 Å². The Bertz CT molecular complexity index is 824. The number of aliphatic hydroxyl groups excluding tert-OH is 1. The Morgan fingerprint density at radius 1 is 1.00 bits per heavy atom. The second-order valence-electron chi connectivity index (χ2n) is 7.31. The molecule has 0 spiro atoms. The second-order valence-corrected chi connectivity index (χ2v) is 7.31. The van der Waals surface area contributed by atoms with Crippen LogP contribution in [-0.2, 0) is 15.9 Å². The highest BCUT2D eigenvalue weighted by Crippen LogP contribution is 2.37. The SMILES string of the molecule is [C-]#[N+]c1ccc(Oc2ccc(B3OC(C)(C)C(C)(C)O3)c(CO)c2)cc1. The van der Waals surface area contributed by atoms with Gasteiger partial charge >= 0.3 is 7.12 Å². The fourth-order valence-electron chi connectivity index (χ4n) is 2.71. The van der Waals surface area contributed by atoms with Gasteiger partial charge in [0.05, 0.1) is 24.4 Å². The summed E-state index contributed by atoms with van der Waals surface area (Å²) in [6.45, 7) is 14.8. The van der Waals surface area contributed by atoms with Crippen molar-refractivity contribution in [3.63, 3.8) is 0 Å². The number of aliphatic hydroxyl groups is 1. The van der Waals surface area contributed by atoms with E-state index in [0.29, 0.717) is 22.7 Å². The molecule has 1 aliphatic rings. The summed E-state index contributed by atoms with van der Waals surface area (Å²) in [6, 6.07) is 12.4. The van der Waals surface area contributed by atoms with Crippen LogP contribution in [0.3, 0.4) is 0 Å². The summed E-state index contributed by atoms with van der Waals surface area (Å²) in [5.74, 6) is 1.23. The van der Waals surface area contributed by atoms with Gasteiger partial charge in [0, 0.05) is 0 Å². The van der Waals surface area contributed by atoms with Crippen LogP contribution in [0.25, 0.3) is 4.85 Å². The Morgan fingerprint density at radius 2 is 1.58 bits per heavy atom. The van der Waals surface area contributed by atoms with E-state index in [1.54, 1.807) is 30.3 Å². The van der Waals surface area contributed by atoms with E-state index in [2.05, 4.69) is 4.85 Å². The topological polar surface area (TPSA) is 52.3 Å². The number of benzene rings is 2. The molecular formula is C20H22BNO4. The van der Waals surface area contributed by atoms with Gasteiger partial charge < -0.3 is 19.2 Å². The first-order chi connectivity index (χ1) is 12.3. The molecule has 0 bridgehead atoms. The molecule has 0 unspecified atom stereocenters. The number of ether oxygens (including phenoxy) is 1. The molecular weight excluding hydrogens is 329 g/mol. The van der Waals surface area contributed by atoms with Crippen LogP contribution in [-0.4, -0.2) is 23.4 Å². The Labute approximate surface area is 154 Å². The molecule has 26 heavy (non-hydrogen) atoms. The van der Waals surface area contributed by atoms with Crippen LogP contribution in [0.15, 0.2) is 42.5 Å². The molecule has 1 N–H and O–H groups in total. The van der Waals surface area contributed by atoms with Crippen LogP contribution < -0.4 is 10.2 Å². The minimum atomic E-state index is -0.533. The first-order valence-electron chi connectivity index (χ1n) is 8.50. The van der Waals surface area contributed by atoms with Gasteiger partial charge in [-0.2, -0.15) is 0 Å². The van der Waals surface area contributed by atoms with E-state index in [1.807, 2.05) is 39.8 Å². The molecule has 0 amide bonds. The van der Waals surface area contributed by atoms with Gasteiger partial charge in [0.15, 0.2) is 5.69 Å². The largest absolute Gasteiger partial charge is 0.495 e. The molecule has 0 saturated carbocycles. The maximum atomic E-state index is 9.80. The number of hydrogen-bond donors (Lipinski definition) is 1. The fraction of sp³-hybridized carbons (Fsp3) is 0.350. The minimum Gasteiger partial charge on any atom is -0.457 e. The van der Waals surface area contributed by atoms with Crippen LogP contribution in [0.1, 0.15) is 33.3 Å². The monoisotopic (exact) mass is 351 g/mol. The molecule has 0 atom stereocenters. The zero-order valence-electron chi connectivity index (χ0n) is 15.4. The van der Waals surface area contributed by atoms with Crippen molar-refractivity contribution in [3.8, 4) is 11.5 Å². The fourth-order valence-corrected chi connectivity index (χ4v) is 2.71. The van der Waals surface area contributed by atoms with E-state index in [-0.39, 0.29) is 6.61 Å². The number of hydrogen-bond acceptors (Lipinski definition) is 4. The third-order valence-corrected chi connectivity index (χ3v) is 4.99. The summed E-state index contributed by atoms with van der Waals surface area (Å²) in [4.78, 5) is 3.36. The van der Waals surface area contributed by atoms with E-state index < -0.39 is 18.3 Å². The van der Waals surface area contributed by atoms with E-state index >= 15 is 0 Å². The van der Waals surface area contributed by atoms with E-state index in [1.165, 1.54) is 0 Å². The zero-order valence-corrected chi connectivity index (χ0v) is 15.4. The first kappa shape index (κ1) is 18.5. The highest BCUT2D eigenvalue weighted by atomic mass is 16.7. The van der Waals surface area contributed by atoms with Gasteiger partial charge in [-0.3, -0.25) is 0 Å². The Balaban J connectivity index is 1.83. The summed E-state index contributed by atoms with van der Waals surface area (Å²) in [7, 11) is -0.533. The number of rotatable bonds is 4. The molecule has 0 aliphatic carbocycles. The smallest absolute Gasteiger partial charge is 0.457 e. The Morgan fingerprint density at radius 3 is 2.12 bits per heavy atom. The van der Waals surface area contributed by atoms with Crippen LogP contribution in [0.5, 0.6) is 11.5 Å². The summed E-state index contributed by atoms with van der Waals surface area (Å²) in [6.07, 6.45) is 0. The van der Waals surface area contributed by atoms with Gasteiger partial charge in [-0.05, 0) is 63.0 Å². The van der Waals surface area contributed by atoms with Crippen molar-refractivity contribution < 1.29 is 19.2 Å². The summed E-state index contributed by atoms with van der Waals surface area (Å²) in [5, 5.41) is 9.80. The van der Waals surface area contributed by atoms with Crippen LogP contribution >= 0.6 is 0 Å². The van der Waals surface area contributed by atoms with Gasteiger partial charge in [0.2, 0.25) is 0 Å². The maximum Gasteiger partial charge on any atom is 0.495 e. The van der Waals surface area contributed by atoms with Gasteiger partial charge in [-0.25, -0.2) is 4.85 Å². The second kappa shape index (κ2) is 6.77. The molecule has 5 nitrogen and oxygen atoms in total. The third-order valence-electron chi connectivity index (χ3n) is 4.99. The maximum absolute atomic E-state index is 9.80. The highest BCUT2D eigenvalue weighted by molar-refractivity contribution is 6.62. The first-order valence-corrected chi connectivity index (χ1v) is 8.50. The quantitative estimate of drug-likeness (QED) is 0.672. The average Bonchev–Trinajstić information content (AvgIpc) is 2.83. The van der Waals surface area contributed by atoms with Crippen molar-refractivity contribution >= 4 is 18.3 Å². The van der Waals surface area contributed by atoms with Crippen LogP contribution in [0.4, 0.5) is 5.69 Å². The third kappa shape index (κ3) is 3.47. The van der Waals surface area contributed by atoms with Crippen LogP contribution in [0.2, 0.25) is 0 Å². The van der Waals surface area contributed by atoms with Gasteiger partial charge in [-0.1, -0.05) is 18.2 Å². The lowest BCUT2D eigenvalue weighted by atomic mass is 9.76. The molecule has 1 heterocycles. The Kier molecular flexibility index (Phi) is 4.81. The van der Waals surface area contributed by atoms with Crippen molar-refractivity contribution in [2.24, 2.45) is 0 Å². The lowest BCUT2D eigenvalue weighted by molar-refractivity contribution is 0.00578. The molecule has 0 radical (unpaired) electrons. The minimum absolute atomic E-state index is 0.146. The Hall–Kier alpha value is -2.33. The number of nitrogens with zero attached hydrogens (tertiary/aromatic N) is 1. The molecule has 1 fully saturated rings. The molecule has 6 heteroatoms. The van der Waals surface area contributed by atoms with Crippen molar-refractivity contribution in [1.29, 1.82) is 0 Å². The lowest BCUT2D eigenvalue weighted by Crippen LogP contribution is -2.41. The molecule has 1 aliphatic heterocycles. The van der Waals surface area contributed by atoms with Crippen LogP contribution in [0, 0.1) is 6.57 Å². The summed E-state index contributed by atoms with van der Waals surface area (Å²) < 4.78 is 18.0. The van der Waals surface area contributed by atoms with Gasteiger partial charge in [-0.15, -0.1) is 0 Å². The van der Waals surface area contributed by atoms with E-state index in [9.17, 15) is 5.11 Å². The van der Waals surface area contributed by atoms with E-state index in [4.69, 9.17) is 20.6 Å². The average molecular weight is 351 g/mol. The zero-order chi connectivity index (χ0) is 18.9. The molecule has 2 aromatic rings. The summed E-state index contributed by atoms with van der Waals surface area (Å²) >= 11 is 0. The predicted molar refractivity (Wildman–Crippen MR) is 101 cm³/mol. The van der Waals surface area contributed by atoms with E-state index in [0.717, 1.165) is 5.46 Å². The molecule has 134 valence electrons. The molecule has 1 saturated heterocycles. The van der Waals surface area contributed by atoms with Gasteiger partial charge in [0.1, 0.15) is 11.5 Å². The molecule has 2 aromatic carbocycles. The van der Waals surface area contributed by atoms with Crippen molar-refractivity contribution in [2.75, 3.05) is 0 Å². The van der Waals surface area contributed by atoms with Gasteiger partial charge in [0.25, 0.3) is 0 Å². The summed E-state index contributed by atoms with van der Waals surface area (Å²) in [5.41, 5.74) is 1.17. The highest BCUT2D eigenvalue weighted by Gasteiger charge is 2.52. The normalized spacial score (nSPS) is 17.8. The standard InChI is InChI=1S/C20H22BNO4/c1-19(2)20(3,4)26-21(25-19)18-11-10-17(12-14(18)13-23)24-16-8-6-15(22-5)7-9-16/h6-12,23H,13H2,1-4H3. The predicted octanol–water partition coefficient (Wildman–Crippen LogP) is 3.82. The van der Waals surface area contributed by atoms with Crippen molar-refractivity contribution in [2.45, 2.75) is 45.5 Å². The van der Waals surface area contributed by atoms with Crippen molar-refractivity contribution in [3.05, 3.63) is 59.4 Å². The lowest BCUT2D eigenvalue weighted by Gasteiger charge is -2.32.